The van der Waals surface area contributed by atoms with Crippen LogP contribution < -0.4 is 29.8 Å². The summed E-state index contributed by atoms with van der Waals surface area (Å²) in [4.78, 5) is 19.5. The van der Waals surface area contributed by atoms with Gasteiger partial charge in [0.1, 0.15) is 5.75 Å². The zero-order valence-electron chi connectivity index (χ0n) is 26.5. The molecule has 0 spiro atoms. The fourth-order valence-corrected chi connectivity index (χ4v) is 5.66. The molecule has 246 valence electrons. The lowest BCUT2D eigenvalue weighted by Crippen LogP contribution is -2.53. The SMILES string of the molecule is COc1cc(CNNC(=O)[C@@]2(Cc3ccccc3)N=C(c3ccc(OCCCO)cc3)O[C@H]2c2ccc(Br)cc2)cc(OC)c1OC. The van der Waals surface area contributed by atoms with E-state index in [4.69, 9.17) is 33.8 Å². The van der Waals surface area contributed by atoms with Crippen LogP contribution in [0.2, 0.25) is 0 Å². The Kier molecular flexibility index (Phi) is 11.4. The molecule has 0 saturated carbocycles. The fourth-order valence-electron chi connectivity index (χ4n) is 5.40. The van der Waals surface area contributed by atoms with Crippen LogP contribution in [0.5, 0.6) is 23.0 Å². The molecule has 5 rings (SSSR count). The molecule has 0 unspecified atom stereocenters. The molecule has 4 aromatic carbocycles. The second kappa shape index (κ2) is 15.8. The lowest BCUT2D eigenvalue weighted by molar-refractivity contribution is -0.130. The molecule has 1 amide bonds. The van der Waals surface area contributed by atoms with Crippen molar-refractivity contribution in [1.82, 2.24) is 10.9 Å². The number of ether oxygens (including phenoxy) is 5. The molecule has 1 aliphatic rings. The quantitative estimate of drug-likeness (QED) is 0.109. The third kappa shape index (κ3) is 7.87. The molecule has 1 aliphatic heterocycles. The molecular formula is C36H38BrN3O7. The Morgan fingerprint density at radius 2 is 1.60 bits per heavy atom. The summed E-state index contributed by atoms with van der Waals surface area (Å²) in [7, 11) is 4.66. The number of hydrogen-bond acceptors (Lipinski definition) is 9. The van der Waals surface area contributed by atoms with Gasteiger partial charge < -0.3 is 28.8 Å². The maximum atomic E-state index is 14.5. The van der Waals surface area contributed by atoms with E-state index in [2.05, 4.69) is 26.8 Å². The van der Waals surface area contributed by atoms with Gasteiger partial charge in [0.15, 0.2) is 23.1 Å². The van der Waals surface area contributed by atoms with E-state index >= 15 is 0 Å². The summed E-state index contributed by atoms with van der Waals surface area (Å²) in [6, 6.07) is 28.5. The van der Waals surface area contributed by atoms with Gasteiger partial charge in [-0.25, -0.2) is 10.4 Å². The van der Waals surface area contributed by atoms with Crippen molar-refractivity contribution in [2.45, 2.75) is 31.0 Å². The molecule has 0 aliphatic carbocycles. The minimum atomic E-state index is -1.37. The Hall–Kier alpha value is -4.58. The molecule has 2 atom stereocenters. The van der Waals surface area contributed by atoms with Crippen LogP contribution in [0.15, 0.2) is 100 Å². The van der Waals surface area contributed by atoms with E-state index in [1.165, 1.54) is 0 Å². The summed E-state index contributed by atoms with van der Waals surface area (Å²) in [5.74, 6) is 2.14. The van der Waals surface area contributed by atoms with Gasteiger partial charge in [-0.3, -0.25) is 10.2 Å². The number of hydrogen-bond donors (Lipinski definition) is 3. The number of aliphatic hydroxyl groups excluding tert-OH is 1. The van der Waals surface area contributed by atoms with Crippen molar-refractivity contribution in [2.24, 2.45) is 4.99 Å². The lowest BCUT2D eigenvalue weighted by atomic mass is 9.82. The third-order valence-corrected chi connectivity index (χ3v) is 8.27. The number of aliphatic imine (C=N–C) groups is 1. The first-order chi connectivity index (χ1) is 22.9. The van der Waals surface area contributed by atoms with Crippen LogP contribution in [0.1, 0.15) is 34.8 Å². The zero-order valence-corrected chi connectivity index (χ0v) is 28.1. The smallest absolute Gasteiger partial charge is 0.266 e. The van der Waals surface area contributed by atoms with E-state index in [9.17, 15) is 4.79 Å². The van der Waals surface area contributed by atoms with Crippen LogP contribution >= 0.6 is 15.9 Å². The highest BCUT2D eigenvalue weighted by atomic mass is 79.9. The second-order valence-corrected chi connectivity index (χ2v) is 11.8. The molecular weight excluding hydrogens is 666 g/mol. The number of methoxy groups -OCH3 is 3. The van der Waals surface area contributed by atoms with E-state index < -0.39 is 11.6 Å². The standard InChI is InChI=1S/C36H38BrN3O7/c1-43-30-20-25(21-31(44-2)32(30)45-3)23-38-40-35(42)36(22-24-8-5-4-6-9-24)33(26-10-14-28(37)15-11-26)47-34(39-36)27-12-16-29(17-13-27)46-19-7-18-41/h4-6,8-17,20-21,33,38,41H,7,18-19,22-23H2,1-3H3,(H,40,42)/t33-,36-/m0/s1. The van der Waals surface area contributed by atoms with Gasteiger partial charge in [-0.05, 0) is 65.2 Å². The number of carbonyl (C=O) groups is 1. The molecule has 0 fully saturated rings. The van der Waals surface area contributed by atoms with Crippen molar-refractivity contribution in [1.29, 1.82) is 0 Å². The summed E-state index contributed by atoms with van der Waals surface area (Å²) < 4.78 is 29.6. The van der Waals surface area contributed by atoms with Gasteiger partial charge in [-0.15, -0.1) is 0 Å². The molecule has 10 nitrogen and oxygen atoms in total. The summed E-state index contributed by atoms with van der Waals surface area (Å²) in [6.45, 7) is 0.730. The molecule has 0 aromatic heterocycles. The van der Waals surface area contributed by atoms with Crippen LogP contribution in [0.25, 0.3) is 0 Å². The first kappa shape index (κ1) is 33.8. The summed E-state index contributed by atoms with van der Waals surface area (Å²) in [5, 5.41) is 9.07. The van der Waals surface area contributed by atoms with Gasteiger partial charge in [0.2, 0.25) is 11.6 Å². The third-order valence-electron chi connectivity index (χ3n) is 7.74. The fraction of sp³-hybridized carbons (Fsp3) is 0.278. The van der Waals surface area contributed by atoms with Crippen LogP contribution in [-0.4, -0.2) is 57.0 Å². The van der Waals surface area contributed by atoms with Gasteiger partial charge in [0.05, 0.1) is 27.9 Å². The van der Waals surface area contributed by atoms with E-state index in [-0.39, 0.29) is 25.5 Å². The first-order valence-electron chi connectivity index (χ1n) is 15.1. The van der Waals surface area contributed by atoms with Gasteiger partial charge in [-0.1, -0.05) is 58.4 Å². The van der Waals surface area contributed by atoms with Crippen molar-refractivity contribution in [3.63, 3.8) is 0 Å². The number of carbonyl (C=O) groups excluding carboxylic acids is 1. The molecule has 4 aromatic rings. The van der Waals surface area contributed by atoms with Crippen LogP contribution in [0, 0.1) is 0 Å². The molecule has 3 N–H and O–H groups in total. The van der Waals surface area contributed by atoms with Gasteiger partial charge in [0.25, 0.3) is 5.91 Å². The van der Waals surface area contributed by atoms with Crippen LogP contribution in [0.4, 0.5) is 0 Å². The highest BCUT2D eigenvalue weighted by Gasteiger charge is 2.53. The molecule has 0 saturated heterocycles. The minimum Gasteiger partial charge on any atom is -0.494 e. The Morgan fingerprint density at radius 1 is 0.915 bits per heavy atom. The summed E-state index contributed by atoms with van der Waals surface area (Å²) in [6.07, 6.45) is 0.0733. The first-order valence-corrected chi connectivity index (χ1v) is 15.9. The average molecular weight is 705 g/mol. The lowest BCUT2D eigenvalue weighted by Gasteiger charge is -2.31. The summed E-state index contributed by atoms with van der Waals surface area (Å²) in [5.41, 5.74) is 7.85. The summed E-state index contributed by atoms with van der Waals surface area (Å²) >= 11 is 3.52. The molecule has 11 heteroatoms. The van der Waals surface area contributed by atoms with Crippen molar-refractivity contribution in [2.75, 3.05) is 34.5 Å². The van der Waals surface area contributed by atoms with Crippen LogP contribution in [-0.2, 0) is 22.5 Å². The minimum absolute atomic E-state index is 0.0586. The maximum absolute atomic E-state index is 14.5. The van der Waals surface area contributed by atoms with Crippen molar-refractivity contribution >= 4 is 27.7 Å². The Balaban J connectivity index is 1.48. The largest absolute Gasteiger partial charge is 0.494 e. The predicted octanol–water partition coefficient (Wildman–Crippen LogP) is 5.56. The van der Waals surface area contributed by atoms with Gasteiger partial charge in [0, 0.05) is 36.0 Å². The number of nitrogens with zero attached hydrogens (tertiary/aromatic N) is 1. The monoisotopic (exact) mass is 703 g/mol. The number of benzene rings is 4. The average Bonchev–Trinajstić information content (AvgIpc) is 3.49. The van der Waals surface area contributed by atoms with E-state index in [1.807, 2.05) is 91.0 Å². The Labute approximate surface area is 282 Å². The number of rotatable bonds is 15. The van der Waals surface area contributed by atoms with E-state index in [0.29, 0.717) is 47.5 Å². The number of hydrazine groups is 1. The van der Waals surface area contributed by atoms with E-state index in [1.54, 1.807) is 21.3 Å². The molecule has 0 bridgehead atoms. The topological polar surface area (TPSA) is 120 Å². The Morgan fingerprint density at radius 3 is 2.21 bits per heavy atom. The van der Waals surface area contributed by atoms with Crippen molar-refractivity contribution < 1.29 is 33.6 Å². The number of nitrogens with one attached hydrogen (secondary N) is 2. The van der Waals surface area contributed by atoms with Gasteiger partial charge >= 0.3 is 0 Å². The second-order valence-electron chi connectivity index (χ2n) is 10.8. The van der Waals surface area contributed by atoms with E-state index in [0.717, 1.165) is 21.2 Å². The zero-order chi connectivity index (χ0) is 33.2. The highest BCUT2D eigenvalue weighted by molar-refractivity contribution is 9.10. The predicted molar refractivity (Wildman–Crippen MR) is 182 cm³/mol. The van der Waals surface area contributed by atoms with Crippen molar-refractivity contribution in [3.8, 4) is 23.0 Å². The normalized spacial score (nSPS) is 17.0. The maximum Gasteiger partial charge on any atom is 0.266 e. The number of amides is 1. The van der Waals surface area contributed by atoms with Crippen molar-refractivity contribution in [3.05, 3.63) is 118 Å². The molecule has 1 heterocycles. The van der Waals surface area contributed by atoms with Gasteiger partial charge in [-0.2, -0.15) is 0 Å². The van der Waals surface area contributed by atoms with Crippen LogP contribution in [0.3, 0.4) is 0 Å². The molecule has 47 heavy (non-hydrogen) atoms. The number of halogens is 1. The highest BCUT2D eigenvalue weighted by Crippen LogP contribution is 2.43. The number of aliphatic hydroxyl groups is 1. The Bertz CT molecular complexity index is 1640. The molecule has 0 radical (unpaired) electrons.